The lowest BCUT2D eigenvalue weighted by molar-refractivity contribution is 1.18. The molecule has 0 radical (unpaired) electrons. The third-order valence-electron chi connectivity index (χ3n) is 22.2. The molecule has 0 aliphatic carbocycles. The van der Waals surface area contributed by atoms with Gasteiger partial charge < -0.3 is 27.1 Å². The van der Waals surface area contributed by atoms with Crippen molar-refractivity contribution in [3.8, 4) is 45.3 Å². The molecule has 24 aromatic rings. The van der Waals surface area contributed by atoms with Gasteiger partial charge in [-0.25, -0.2) is 9.97 Å². The van der Waals surface area contributed by atoms with Crippen LogP contribution in [0.5, 0.6) is 0 Å². The monoisotopic (exact) mass is 1270 g/mol. The molecule has 100 heavy (non-hydrogen) atoms. The summed E-state index contributed by atoms with van der Waals surface area (Å²) in [5.74, 6) is 0. The number of fused-ring (bicyclic) bond motifs is 28. The van der Waals surface area contributed by atoms with Crippen molar-refractivity contribution in [3.63, 3.8) is 0 Å². The Kier molecular flexibility index (Phi) is 10.1. The van der Waals surface area contributed by atoms with E-state index in [1.54, 1.807) is 0 Å². The minimum absolute atomic E-state index is 0.832. The third-order valence-corrected chi connectivity index (χ3v) is 22.2. The van der Waals surface area contributed by atoms with Crippen molar-refractivity contribution in [2.75, 3.05) is 0 Å². The average molecular weight is 1270 g/mol. The molecular formula is C92H52N8. The van der Waals surface area contributed by atoms with Crippen LogP contribution in [0.25, 0.3) is 220 Å². The maximum absolute atomic E-state index is 6.21. The Labute approximate surface area is 568 Å². The molecule has 8 heteroatoms. The molecule has 9 heterocycles. The number of benzene rings is 15. The second-order valence-electron chi connectivity index (χ2n) is 27.1. The maximum Gasteiger partial charge on any atom is 0.100 e. The first-order valence-corrected chi connectivity index (χ1v) is 34.4. The Morgan fingerprint density at radius 3 is 0.730 bits per heavy atom. The number of hydrogen-bond donors (Lipinski definition) is 0. The summed E-state index contributed by atoms with van der Waals surface area (Å²) in [4.78, 5) is 12.4. The summed E-state index contributed by atoms with van der Waals surface area (Å²) in [6.07, 6.45) is 0. The molecule has 0 atom stereocenters. The minimum Gasteiger partial charge on any atom is -0.309 e. The van der Waals surface area contributed by atoms with Crippen molar-refractivity contribution in [1.29, 1.82) is 0 Å². The first-order valence-electron chi connectivity index (χ1n) is 34.4. The summed E-state index contributed by atoms with van der Waals surface area (Å²) in [6.45, 7) is 0. The fraction of sp³-hybridized carbons (Fsp3) is 0. The van der Waals surface area contributed by atoms with Gasteiger partial charge in [0.15, 0.2) is 0 Å². The van der Waals surface area contributed by atoms with Crippen molar-refractivity contribution in [2.45, 2.75) is 0 Å². The third kappa shape index (κ3) is 6.69. The van der Waals surface area contributed by atoms with Crippen LogP contribution in [-0.4, -0.2) is 37.0 Å². The van der Waals surface area contributed by atoms with E-state index in [0.29, 0.717) is 0 Å². The van der Waals surface area contributed by atoms with Crippen molar-refractivity contribution >= 4 is 174 Å². The van der Waals surface area contributed by atoms with Crippen LogP contribution in [0.1, 0.15) is 0 Å². The summed E-state index contributed by atoms with van der Waals surface area (Å²) >= 11 is 0. The molecule has 0 aliphatic rings. The second-order valence-corrected chi connectivity index (χ2v) is 27.1. The van der Waals surface area contributed by atoms with Crippen LogP contribution in [0.2, 0.25) is 0 Å². The average Bonchev–Trinajstić information content (AvgIpc) is 1.49. The molecule has 0 fully saturated rings. The Bertz CT molecular complexity index is 7030. The van der Waals surface area contributed by atoms with E-state index < -0.39 is 0 Å². The van der Waals surface area contributed by atoms with Crippen LogP contribution in [0.3, 0.4) is 0 Å². The van der Waals surface area contributed by atoms with Crippen molar-refractivity contribution < 1.29 is 0 Å². The van der Waals surface area contributed by atoms with Crippen molar-refractivity contribution in [1.82, 2.24) is 37.0 Å². The van der Waals surface area contributed by atoms with Gasteiger partial charge in [-0.2, -0.15) is 0 Å². The van der Waals surface area contributed by atoms with Crippen molar-refractivity contribution in [2.24, 2.45) is 0 Å². The van der Waals surface area contributed by atoms with Crippen molar-refractivity contribution in [3.05, 3.63) is 315 Å². The van der Waals surface area contributed by atoms with Gasteiger partial charge in [0.05, 0.1) is 88.6 Å². The van der Waals surface area contributed by atoms with E-state index >= 15 is 0 Å². The van der Waals surface area contributed by atoms with Gasteiger partial charge in [0.1, 0.15) is 11.0 Å². The second kappa shape index (κ2) is 19.1. The Hall–Kier alpha value is -13.6. The standard InChI is InChI=1S/C92H52N8/c1-3-23-53(24-4-1)85-86(54-25-5-2-6-26-54)94-88-84-72-52-58(98-79-41-21-13-33-65(79)66-34-14-22-42-80(66)98)50-70-68-48-56(96-75-37-17-9-29-61(75)62-30-10-18-38-76(62)96)44-46-82(68)100(90(70)72)92(84)91-83(87(88)93-85)71-51-57(97-77-39-19-11-31-63(77)64-32-12-20-40-78(64)97)49-69-67-47-55(43-45-81(67)99(91)89(69)71)95-73-35-15-7-27-59(73)60-28-8-16-36-74(60)95/h1-52H. The zero-order valence-corrected chi connectivity index (χ0v) is 53.6. The SMILES string of the molecule is c1ccc(-c2nc3c(nc2-c2ccccc2)c2c4cc(-n5c6ccccc6c6ccccc65)cc5c6cc(-n7c8ccccc8c8ccccc87)ccc6n(c54)c2c2c3c3cc(-n4c5ccccc5c5ccccc54)cc4c5cc(-n6c7ccccc7c7ccccc76)ccc5n2c43)cc1. The van der Waals surface area contributed by atoms with Gasteiger partial charge in [0.25, 0.3) is 0 Å². The highest BCUT2D eigenvalue weighted by Crippen LogP contribution is 2.53. The minimum atomic E-state index is 0.832. The summed E-state index contributed by atoms with van der Waals surface area (Å²) in [5, 5.41) is 18.7. The number of aromatic nitrogens is 8. The molecule has 15 aromatic carbocycles. The molecule has 0 amide bonds. The molecule has 0 spiro atoms. The van der Waals surface area contributed by atoms with E-state index in [2.05, 4.69) is 343 Å². The number of nitrogens with zero attached hydrogens (tertiary/aromatic N) is 8. The molecule has 8 nitrogen and oxygen atoms in total. The molecule has 0 saturated carbocycles. The van der Waals surface area contributed by atoms with E-state index in [4.69, 9.17) is 9.97 Å². The van der Waals surface area contributed by atoms with Gasteiger partial charge in [-0.15, -0.1) is 0 Å². The summed E-state index contributed by atoms with van der Waals surface area (Å²) in [6, 6.07) is 117. The lowest BCUT2D eigenvalue weighted by Gasteiger charge is -2.14. The van der Waals surface area contributed by atoms with E-state index in [0.717, 1.165) is 155 Å². The predicted molar refractivity (Wildman–Crippen MR) is 417 cm³/mol. The Balaban J connectivity index is 0.940. The highest BCUT2D eigenvalue weighted by atomic mass is 15.0. The van der Waals surface area contributed by atoms with Gasteiger partial charge in [-0.3, -0.25) is 0 Å². The van der Waals surface area contributed by atoms with Gasteiger partial charge in [-0.1, -0.05) is 206 Å². The first-order chi connectivity index (χ1) is 49.7. The van der Waals surface area contributed by atoms with Gasteiger partial charge >= 0.3 is 0 Å². The molecule has 9 aromatic heterocycles. The highest BCUT2D eigenvalue weighted by Gasteiger charge is 2.32. The lowest BCUT2D eigenvalue weighted by Crippen LogP contribution is -1.98. The first kappa shape index (κ1) is 52.7. The van der Waals surface area contributed by atoms with Crippen LogP contribution in [-0.2, 0) is 0 Å². The van der Waals surface area contributed by atoms with Gasteiger partial charge in [0.2, 0.25) is 0 Å². The zero-order chi connectivity index (χ0) is 64.7. The van der Waals surface area contributed by atoms with Gasteiger partial charge in [-0.05, 0) is 109 Å². The molecule has 0 aliphatic heterocycles. The Morgan fingerprint density at radius 1 is 0.180 bits per heavy atom. The van der Waals surface area contributed by atoms with E-state index in [9.17, 15) is 0 Å². The molecule has 24 rings (SSSR count). The normalized spacial score (nSPS) is 12.6. The van der Waals surface area contributed by atoms with Crippen LogP contribution in [0.4, 0.5) is 0 Å². The molecule has 0 bridgehead atoms. The maximum atomic E-state index is 6.21. The Morgan fingerprint density at radius 2 is 0.430 bits per heavy atom. The number of para-hydroxylation sites is 8. The smallest absolute Gasteiger partial charge is 0.100 e. The topological polar surface area (TPSA) is 54.3 Å². The summed E-state index contributed by atoms with van der Waals surface area (Å²) in [7, 11) is 0. The van der Waals surface area contributed by atoms with E-state index in [-0.39, 0.29) is 0 Å². The predicted octanol–water partition coefficient (Wildman–Crippen LogP) is 23.7. The lowest BCUT2D eigenvalue weighted by atomic mass is 9.99. The number of rotatable bonds is 6. The molecule has 0 N–H and O–H groups in total. The highest BCUT2D eigenvalue weighted by molar-refractivity contribution is 6.40. The molecule has 0 unspecified atom stereocenters. The van der Waals surface area contributed by atoms with Gasteiger partial charge in [0, 0.05) is 120 Å². The quantitative estimate of drug-likeness (QED) is 0.167. The van der Waals surface area contributed by atoms with E-state index in [1.807, 2.05) is 0 Å². The fourth-order valence-corrected chi connectivity index (χ4v) is 18.2. The van der Waals surface area contributed by atoms with Crippen LogP contribution in [0.15, 0.2) is 315 Å². The molecular weight excluding hydrogens is 1220 g/mol. The van der Waals surface area contributed by atoms with E-state index in [1.165, 1.54) is 65.2 Å². The summed E-state index contributed by atoms with van der Waals surface area (Å²) < 4.78 is 15.2. The largest absolute Gasteiger partial charge is 0.309 e. The fourth-order valence-electron chi connectivity index (χ4n) is 18.2. The van der Waals surface area contributed by atoms with Crippen LogP contribution < -0.4 is 0 Å². The summed E-state index contributed by atoms with van der Waals surface area (Å²) in [5.41, 5.74) is 25.7. The number of hydrogen-bond acceptors (Lipinski definition) is 2. The molecule has 460 valence electrons. The van der Waals surface area contributed by atoms with Crippen LogP contribution >= 0.6 is 0 Å². The molecule has 0 saturated heterocycles. The zero-order valence-electron chi connectivity index (χ0n) is 53.6. The van der Waals surface area contributed by atoms with Crippen LogP contribution in [0, 0.1) is 0 Å².